The van der Waals surface area contributed by atoms with Crippen molar-refractivity contribution in [3.63, 3.8) is 0 Å². The summed E-state index contributed by atoms with van der Waals surface area (Å²) in [6.07, 6.45) is 11.3. The lowest BCUT2D eigenvalue weighted by Crippen LogP contribution is -2.52. The van der Waals surface area contributed by atoms with Crippen molar-refractivity contribution in [3.05, 3.63) is 58.9 Å². The SMILES string of the molecule is Cc1ccccc1C=CC(=O)N1CCc2cnc(N3CCN(C4CCC4)CC3)nc2CC1. The first-order valence-corrected chi connectivity index (χ1v) is 12.0. The van der Waals surface area contributed by atoms with E-state index in [4.69, 9.17) is 9.97 Å². The number of amides is 1. The summed E-state index contributed by atoms with van der Waals surface area (Å²) < 4.78 is 0. The number of rotatable bonds is 4. The van der Waals surface area contributed by atoms with Crippen molar-refractivity contribution < 1.29 is 4.79 Å². The maximum atomic E-state index is 12.8. The Balaban J connectivity index is 1.20. The Morgan fingerprint density at radius 3 is 2.56 bits per heavy atom. The van der Waals surface area contributed by atoms with Crippen LogP contribution in [-0.4, -0.2) is 71.0 Å². The van der Waals surface area contributed by atoms with E-state index in [9.17, 15) is 4.79 Å². The molecular formula is C26H33N5O. The zero-order valence-corrected chi connectivity index (χ0v) is 19.0. The highest BCUT2D eigenvalue weighted by Crippen LogP contribution is 2.26. The number of hydrogen-bond acceptors (Lipinski definition) is 5. The zero-order chi connectivity index (χ0) is 21.9. The predicted octanol–water partition coefficient (Wildman–Crippen LogP) is 3.10. The fourth-order valence-electron chi connectivity index (χ4n) is 4.92. The maximum Gasteiger partial charge on any atom is 0.246 e. The molecule has 0 spiro atoms. The van der Waals surface area contributed by atoms with Gasteiger partial charge in [0.1, 0.15) is 0 Å². The van der Waals surface area contributed by atoms with Crippen LogP contribution in [0.3, 0.4) is 0 Å². The van der Waals surface area contributed by atoms with Gasteiger partial charge in [0, 0.05) is 64.0 Å². The predicted molar refractivity (Wildman–Crippen MR) is 128 cm³/mol. The van der Waals surface area contributed by atoms with Crippen LogP contribution in [0.1, 0.15) is 41.6 Å². The number of aryl methyl sites for hydroxylation is 1. The molecular weight excluding hydrogens is 398 g/mol. The summed E-state index contributed by atoms with van der Waals surface area (Å²) in [6, 6.07) is 8.94. The average Bonchev–Trinajstić information content (AvgIpc) is 3.00. The second-order valence-electron chi connectivity index (χ2n) is 9.26. The van der Waals surface area contributed by atoms with Gasteiger partial charge in [0.15, 0.2) is 0 Å². The molecule has 1 aliphatic carbocycles. The van der Waals surface area contributed by atoms with Gasteiger partial charge in [-0.3, -0.25) is 9.69 Å². The highest BCUT2D eigenvalue weighted by Gasteiger charge is 2.29. The van der Waals surface area contributed by atoms with Gasteiger partial charge in [0.25, 0.3) is 0 Å². The molecule has 0 bridgehead atoms. The van der Waals surface area contributed by atoms with Crippen LogP contribution >= 0.6 is 0 Å². The zero-order valence-electron chi connectivity index (χ0n) is 19.0. The van der Waals surface area contributed by atoms with Crippen molar-refractivity contribution in [3.8, 4) is 0 Å². The first-order valence-electron chi connectivity index (χ1n) is 12.0. The van der Waals surface area contributed by atoms with E-state index >= 15 is 0 Å². The molecule has 1 saturated carbocycles. The Morgan fingerprint density at radius 1 is 1.03 bits per heavy atom. The third-order valence-electron chi connectivity index (χ3n) is 7.30. The summed E-state index contributed by atoms with van der Waals surface area (Å²) in [5.41, 5.74) is 4.55. The molecule has 0 radical (unpaired) electrons. The topological polar surface area (TPSA) is 52.6 Å². The molecule has 0 N–H and O–H groups in total. The molecule has 2 aliphatic heterocycles. The van der Waals surface area contributed by atoms with Crippen molar-refractivity contribution in [2.45, 2.75) is 45.1 Å². The second-order valence-corrected chi connectivity index (χ2v) is 9.26. The van der Waals surface area contributed by atoms with E-state index in [2.05, 4.69) is 22.8 Å². The minimum Gasteiger partial charge on any atom is -0.338 e. The Morgan fingerprint density at radius 2 is 1.81 bits per heavy atom. The number of nitrogens with zero attached hydrogens (tertiary/aromatic N) is 5. The largest absolute Gasteiger partial charge is 0.338 e. The average molecular weight is 432 g/mol. The van der Waals surface area contributed by atoms with E-state index in [1.54, 1.807) is 6.08 Å². The van der Waals surface area contributed by atoms with Crippen molar-refractivity contribution in [1.29, 1.82) is 0 Å². The van der Waals surface area contributed by atoms with Crippen molar-refractivity contribution in [1.82, 2.24) is 19.8 Å². The minimum atomic E-state index is 0.0707. The van der Waals surface area contributed by atoms with Crippen LogP contribution < -0.4 is 4.90 Å². The molecule has 0 unspecified atom stereocenters. The van der Waals surface area contributed by atoms with Crippen LogP contribution in [0.15, 0.2) is 36.5 Å². The van der Waals surface area contributed by atoms with Crippen LogP contribution in [0.25, 0.3) is 6.08 Å². The van der Waals surface area contributed by atoms with E-state index < -0.39 is 0 Å². The molecule has 5 rings (SSSR count). The minimum absolute atomic E-state index is 0.0707. The van der Waals surface area contributed by atoms with Crippen LogP contribution in [-0.2, 0) is 17.6 Å². The van der Waals surface area contributed by atoms with Gasteiger partial charge in [-0.1, -0.05) is 30.7 Å². The van der Waals surface area contributed by atoms with E-state index in [1.807, 2.05) is 35.4 Å². The molecule has 3 aliphatic rings. The first kappa shape index (κ1) is 21.1. The first-order chi connectivity index (χ1) is 15.7. The Hall–Kier alpha value is -2.73. The van der Waals surface area contributed by atoms with Crippen LogP contribution in [0, 0.1) is 6.92 Å². The molecule has 168 valence electrons. The molecule has 0 atom stereocenters. The lowest BCUT2D eigenvalue weighted by atomic mass is 9.91. The molecule has 2 fully saturated rings. The van der Waals surface area contributed by atoms with Gasteiger partial charge in [0.2, 0.25) is 11.9 Å². The summed E-state index contributed by atoms with van der Waals surface area (Å²) in [5.74, 6) is 0.928. The number of piperazine rings is 1. The van der Waals surface area contributed by atoms with Gasteiger partial charge in [-0.25, -0.2) is 9.97 Å². The van der Waals surface area contributed by atoms with Crippen molar-refractivity contribution in [2.75, 3.05) is 44.2 Å². The number of anilines is 1. The molecule has 1 aromatic carbocycles. The molecule has 2 aromatic rings. The fourth-order valence-corrected chi connectivity index (χ4v) is 4.92. The normalized spacial score (nSPS) is 20.2. The van der Waals surface area contributed by atoms with Crippen molar-refractivity contribution in [2.24, 2.45) is 0 Å². The fraction of sp³-hybridized carbons (Fsp3) is 0.500. The number of hydrogen-bond donors (Lipinski definition) is 0. The summed E-state index contributed by atoms with van der Waals surface area (Å²) >= 11 is 0. The number of carbonyl (C=O) groups is 1. The van der Waals surface area contributed by atoms with Crippen LogP contribution in [0.5, 0.6) is 0 Å². The van der Waals surface area contributed by atoms with Crippen molar-refractivity contribution >= 4 is 17.9 Å². The molecule has 6 heteroatoms. The Labute approximate surface area is 191 Å². The van der Waals surface area contributed by atoms with Gasteiger partial charge in [0.05, 0.1) is 5.69 Å². The maximum absolute atomic E-state index is 12.8. The van der Waals surface area contributed by atoms with E-state index in [-0.39, 0.29) is 5.91 Å². The lowest BCUT2D eigenvalue weighted by Gasteiger charge is -2.43. The van der Waals surface area contributed by atoms with Gasteiger partial charge < -0.3 is 9.80 Å². The molecule has 6 nitrogen and oxygen atoms in total. The summed E-state index contributed by atoms with van der Waals surface area (Å²) in [4.78, 5) is 29.3. The quantitative estimate of drug-likeness (QED) is 0.697. The summed E-state index contributed by atoms with van der Waals surface area (Å²) in [6.45, 7) is 7.72. The van der Waals surface area contributed by atoms with Crippen LogP contribution in [0.4, 0.5) is 5.95 Å². The molecule has 1 saturated heterocycles. The van der Waals surface area contributed by atoms with Gasteiger partial charge in [-0.05, 0) is 49.0 Å². The molecule has 32 heavy (non-hydrogen) atoms. The number of aromatic nitrogens is 2. The van der Waals surface area contributed by atoms with Gasteiger partial charge >= 0.3 is 0 Å². The smallest absolute Gasteiger partial charge is 0.246 e. The Kier molecular flexibility index (Phi) is 6.21. The number of fused-ring (bicyclic) bond motifs is 1. The van der Waals surface area contributed by atoms with E-state index in [0.717, 1.165) is 62.3 Å². The van der Waals surface area contributed by atoms with E-state index in [1.165, 1.54) is 30.4 Å². The summed E-state index contributed by atoms with van der Waals surface area (Å²) in [7, 11) is 0. The number of carbonyl (C=O) groups excluding carboxylic acids is 1. The van der Waals surface area contributed by atoms with Gasteiger partial charge in [-0.15, -0.1) is 0 Å². The monoisotopic (exact) mass is 431 g/mol. The Bertz CT molecular complexity index is 991. The molecule has 1 aromatic heterocycles. The number of benzene rings is 1. The second kappa shape index (κ2) is 9.41. The molecule has 1 amide bonds. The van der Waals surface area contributed by atoms with E-state index in [0.29, 0.717) is 13.1 Å². The highest BCUT2D eigenvalue weighted by atomic mass is 16.2. The third kappa shape index (κ3) is 4.56. The van der Waals surface area contributed by atoms with Gasteiger partial charge in [-0.2, -0.15) is 0 Å². The lowest BCUT2D eigenvalue weighted by molar-refractivity contribution is -0.125. The molecule has 3 heterocycles. The summed E-state index contributed by atoms with van der Waals surface area (Å²) in [5, 5.41) is 0. The third-order valence-corrected chi connectivity index (χ3v) is 7.30. The van der Waals surface area contributed by atoms with Crippen LogP contribution in [0.2, 0.25) is 0 Å². The standard InChI is InChI=1S/C26H33N5O/c1-20-5-2-3-6-21(20)9-10-25(32)30-13-11-22-19-27-26(28-24(22)12-14-30)31-17-15-29(16-18-31)23-7-4-8-23/h2-3,5-6,9-10,19,23H,4,7-8,11-18H2,1H3. The highest BCUT2D eigenvalue weighted by molar-refractivity contribution is 5.92.